The molecule has 3 aromatic rings. The van der Waals surface area contributed by atoms with E-state index in [1.165, 1.54) is 119 Å². The van der Waals surface area contributed by atoms with Crippen molar-refractivity contribution in [3.8, 4) is 12.1 Å². The topological polar surface area (TPSA) is 218 Å². The molecule has 1 unspecified atom stereocenters. The molecule has 1 aromatic carbocycles. The minimum Gasteiger partial charge on any atom is -0.386 e. The van der Waals surface area contributed by atoms with Gasteiger partial charge in [0.1, 0.15) is 42.5 Å². The van der Waals surface area contributed by atoms with Crippen molar-refractivity contribution < 1.29 is 42.6 Å². The Morgan fingerprint density at radius 3 is 2.03 bits per heavy atom. The second-order valence-corrected chi connectivity index (χ2v) is 16.5. The Labute approximate surface area is 343 Å². The molecule has 0 aliphatic heterocycles. The fourth-order valence-corrected chi connectivity index (χ4v) is 7.70. The number of fused-ring (bicyclic) bond motifs is 1. The monoisotopic (exact) mass is 830 g/mol. The van der Waals surface area contributed by atoms with Gasteiger partial charge in [0.2, 0.25) is 5.60 Å². The van der Waals surface area contributed by atoms with E-state index in [-0.39, 0.29) is 30.3 Å². The zero-order chi connectivity index (χ0) is 42.2. The number of unbranched alkanes of at least 4 members (excludes halogenated alkanes) is 17. The zero-order valence-electron chi connectivity index (χ0n) is 34.3. The molecule has 0 saturated carbocycles. The van der Waals surface area contributed by atoms with Crippen LogP contribution in [-0.2, 0) is 29.7 Å². The van der Waals surface area contributed by atoms with E-state index in [9.17, 15) is 34.6 Å². The highest BCUT2D eigenvalue weighted by Crippen LogP contribution is 2.45. The highest BCUT2D eigenvalue weighted by atomic mass is 31.2. The summed E-state index contributed by atoms with van der Waals surface area (Å²) in [6, 6.07) is 10.5. The standard InChI is InChI=1S/C42H64FN6O8P/c1-3-4-5-6-7-8-9-10-11-12-13-14-15-16-17-18-19-20-21-36(55-28-34-24-33(27-44)25-35(43)26-34)29-56-58(52,53)57-31-42(30-45,54-2)40(51)39(50)37-22-23-38-41(46)47-32-48-49(37)38/h22-26,32,36,39-40,50-51H,3-21,28-29,31H2,1-2H3,(H,52,53)(H2,46,47,48)/t36-,39+,40+,42-/m1/s1. The number of aliphatic hydroxyl groups is 2. The molecule has 0 fully saturated rings. The molecule has 14 nitrogen and oxygen atoms in total. The summed E-state index contributed by atoms with van der Waals surface area (Å²) in [6.07, 6.45) is 19.4. The van der Waals surface area contributed by atoms with Gasteiger partial charge in [0, 0.05) is 7.11 Å². The van der Waals surface area contributed by atoms with Crippen molar-refractivity contribution in [2.75, 3.05) is 26.1 Å². The summed E-state index contributed by atoms with van der Waals surface area (Å²) < 4.78 is 50.1. The van der Waals surface area contributed by atoms with E-state index in [1.54, 1.807) is 6.07 Å². The molecule has 2 heterocycles. The second kappa shape index (κ2) is 26.6. The van der Waals surface area contributed by atoms with Crippen LogP contribution in [-0.4, -0.2) is 67.8 Å². The van der Waals surface area contributed by atoms with E-state index >= 15 is 0 Å². The van der Waals surface area contributed by atoms with Gasteiger partial charge >= 0.3 is 7.82 Å². The first kappa shape index (κ1) is 48.9. The van der Waals surface area contributed by atoms with Gasteiger partial charge in [-0.1, -0.05) is 122 Å². The highest BCUT2D eigenvalue weighted by Gasteiger charge is 2.46. The molecule has 0 saturated heterocycles. The third kappa shape index (κ3) is 16.6. The van der Waals surface area contributed by atoms with E-state index in [1.807, 2.05) is 6.07 Å². The Bertz CT molecular complexity index is 1770. The lowest BCUT2D eigenvalue weighted by Gasteiger charge is -2.33. The lowest BCUT2D eigenvalue weighted by Crippen LogP contribution is -2.50. The molecule has 5 N–H and O–H groups in total. The number of hydrogen-bond donors (Lipinski definition) is 4. The molecular weight excluding hydrogens is 766 g/mol. The van der Waals surface area contributed by atoms with Crippen molar-refractivity contribution in [1.82, 2.24) is 14.6 Å². The lowest BCUT2D eigenvalue weighted by atomic mass is 9.93. The van der Waals surface area contributed by atoms with Gasteiger partial charge in [-0.05, 0) is 42.3 Å². The van der Waals surface area contributed by atoms with Gasteiger partial charge in [0.15, 0.2) is 5.82 Å². The van der Waals surface area contributed by atoms with Gasteiger partial charge in [-0.3, -0.25) is 9.05 Å². The van der Waals surface area contributed by atoms with Crippen LogP contribution >= 0.6 is 7.82 Å². The van der Waals surface area contributed by atoms with E-state index in [0.717, 1.165) is 45.2 Å². The number of anilines is 1. The molecule has 0 aliphatic rings. The Kier molecular flexibility index (Phi) is 22.4. The molecule has 2 aromatic heterocycles. The molecule has 0 amide bonds. The number of rotatable bonds is 32. The van der Waals surface area contributed by atoms with Gasteiger partial charge in [-0.2, -0.15) is 15.6 Å². The molecule has 0 bridgehead atoms. The number of nitrogen functional groups attached to an aromatic ring is 1. The number of halogens is 1. The summed E-state index contributed by atoms with van der Waals surface area (Å²) in [7, 11) is -3.81. The van der Waals surface area contributed by atoms with Crippen LogP contribution in [0.5, 0.6) is 0 Å². The number of nitrogens with zero attached hydrogens (tertiary/aromatic N) is 5. The van der Waals surface area contributed by atoms with Crippen molar-refractivity contribution in [2.24, 2.45) is 0 Å². The fraction of sp³-hybridized carbons (Fsp3) is 0.667. The summed E-state index contributed by atoms with van der Waals surface area (Å²) in [4.78, 5) is 14.5. The average Bonchev–Trinajstić information content (AvgIpc) is 3.66. The molecule has 3 rings (SSSR count). The number of phosphoric ester groups is 1. The van der Waals surface area contributed by atoms with Gasteiger partial charge < -0.3 is 30.3 Å². The van der Waals surface area contributed by atoms with E-state index in [0.29, 0.717) is 17.5 Å². The highest BCUT2D eigenvalue weighted by molar-refractivity contribution is 7.47. The van der Waals surface area contributed by atoms with Crippen molar-refractivity contribution in [2.45, 2.75) is 159 Å². The average molecular weight is 831 g/mol. The lowest BCUT2D eigenvalue weighted by molar-refractivity contribution is -0.134. The molecular formula is C42H64FN6O8P. The van der Waals surface area contributed by atoms with Gasteiger partial charge in [0.25, 0.3) is 0 Å². The molecule has 0 radical (unpaired) electrons. The first-order valence-electron chi connectivity index (χ1n) is 20.8. The van der Waals surface area contributed by atoms with Crippen LogP contribution in [0.2, 0.25) is 0 Å². The Morgan fingerprint density at radius 1 is 0.897 bits per heavy atom. The first-order valence-corrected chi connectivity index (χ1v) is 22.3. The Morgan fingerprint density at radius 2 is 1.48 bits per heavy atom. The maximum Gasteiger partial charge on any atom is 0.472 e. The molecule has 16 heteroatoms. The largest absolute Gasteiger partial charge is 0.472 e. The van der Waals surface area contributed by atoms with Crippen molar-refractivity contribution in [1.29, 1.82) is 10.5 Å². The number of hydrogen-bond acceptors (Lipinski definition) is 12. The number of aliphatic hydroxyl groups excluding tert-OH is 2. The van der Waals surface area contributed by atoms with Crippen LogP contribution in [0.3, 0.4) is 0 Å². The molecule has 0 aliphatic carbocycles. The molecule has 5 atom stereocenters. The number of benzene rings is 1. The van der Waals surface area contributed by atoms with Crippen LogP contribution < -0.4 is 5.73 Å². The number of aromatic nitrogens is 3. The summed E-state index contributed by atoms with van der Waals surface area (Å²) in [5.74, 6) is -0.468. The number of nitriles is 2. The molecule has 0 spiro atoms. The van der Waals surface area contributed by atoms with Gasteiger partial charge in [0.05, 0.1) is 36.6 Å². The smallest absolute Gasteiger partial charge is 0.386 e. The summed E-state index contributed by atoms with van der Waals surface area (Å²) in [6.45, 7) is 0.828. The number of phosphoric acid groups is 1. The maximum absolute atomic E-state index is 14.1. The molecule has 322 valence electrons. The maximum atomic E-state index is 14.1. The first-order chi connectivity index (χ1) is 28.0. The second-order valence-electron chi connectivity index (χ2n) is 15.0. The van der Waals surface area contributed by atoms with E-state index < -0.39 is 44.2 Å². The van der Waals surface area contributed by atoms with E-state index in [4.69, 9.17) is 24.3 Å². The van der Waals surface area contributed by atoms with E-state index in [2.05, 4.69) is 17.0 Å². The number of methoxy groups -OCH3 is 1. The third-order valence-corrected chi connectivity index (χ3v) is 11.4. The Balaban J connectivity index is 1.46. The minimum absolute atomic E-state index is 0.0523. The van der Waals surface area contributed by atoms with Crippen molar-refractivity contribution in [3.05, 3.63) is 59.3 Å². The van der Waals surface area contributed by atoms with Gasteiger partial charge in [-0.25, -0.2) is 18.5 Å². The third-order valence-electron chi connectivity index (χ3n) is 10.5. The van der Waals surface area contributed by atoms with Crippen LogP contribution in [0.15, 0.2) is 36.7 Å². The fourth-order valence-electron chi connectivity index (χ4n) is 6.92. The normalized spacial score (nSPS) is 15.3. The van der Waals surface area contributed by atoms with Crippen LogP contribution in [0.4, 0.5) is 10.2 Å². The number of ether oxygens (including phenoxy) is 2. The molecule has 58 heavy (non-hydrogen) atoms. The quantitative estimate of drug-likeness (QED) is 0.0342. The van der Waals surface area contributed by atoms with Gasteiger partial charge in [-0.15, -0.1) is 0 Å². The van der Waals surface area contributed by atoms with Crippen LogP contribution in [0, 0.1) is 28.5 Å². The van der Waals surface area contributed by atoms with Crippen molar-refractivity contribution in [3.63, 3.8) is 0 Å². The SMILES string of the molecule is CCCCCCCCCCCCCCCCCCCC[C@H](COP(=O)(O)OC[C@@](C#N)(OC)[C@@H](O)[C@@H](O)c1ccc2c(N)ncnn12)OCc1cc(F)cc(C#N)c1. The van der Waals surface area contributed by atoms with Crippen LogP contribution in [0.25, 0.3) is 5.52 Å². The zero-order valence-corrected chi connectivity index (χ0v) is 35.2. The van der Waals surface area contributed by atoms with Crippen molar-refractivity contribution >= 4 is 19.2 Å². The number of nitrogens with two attached hydrogens (primary N) is 1. The predicted octanol–water partition coefficient (Wildman–Crippen LogP) is 8.78. The minimum atomic E-state index is -4.89. The summed E-state index contributed by atoms with van der Waals surface area (Å²) >= 11 is 0. The Hall–Kier alpha value is -3.50. The predicted molar refractivity (Wildman–Crippen MR) is 219 cm³/mol. The summed E-state index contributed by atoms with van der Waals surface area (Å²) in [5, 5.41) is 45.5. The van der Waals surface area contributed by atoms with Crippen LogP contribution in [0.1, 0.15) is 152 Å². The summed E-state index contributed by atoms with van der Waals surface area (Å²) in [5.41, 5.74) is 4.50.